The van der Waals surface area contributed by atoms with E-state index in [1.807, 2.05) is 36.4 Å². The Balaban J connectivity index is 1.09. The minimum atomic E-state index is -1.23. The van der Waals surface area contributed by atoms with Gasteiger partial charge in [-0.25, -0.2) is 19.6 Å². The molecule has 2 aliphatic heterocycles. The average Bonchev–Trinajstić information content (AvgIpc) is 3.94. The zero-order valence-electron chi connectivity index (χ0n) is 28.3. The number of hydrogen-bond donors (Lipinski definition) is 5. The number of nitrogens with one attached hydrogen (secondary N) is 4. The number of imidazole rings is 2. The highest BCUT2D eigenvalue weighted by molar-refractivity contribution is 5.86. The maximum absolute atomic E-state index is 13.1. The van der Waals surface area contributed by atoms with Crippen LogP contribution in [0.15, 0.2) is 60.9 Å². The normalized spacial score (nSPS) is 18.5. The minimum absolute atomic E-state index is 0.170. The first-order chi connectivity index (χ1) is 24.1. The van der Waals surface area contributed by atoms with Crippen LogP contribution in [0.1, 0.15) is 70.2 Å². The zero-order valence-corrected chi connectivity index (χ0v) is 28.3. The maximum Gasteiger partial charge on any atom is 0.407 e. The molecule has 0 unspecified atom stereocenters. The molecule has 0 bridgehead atoms. The SMILES string of the molecule is CCOC(=O)N[C@@H](C)C(=O)N1CCC[C@H]1c1ncc(-c2ccc(-c3ccc(-c4cnc([C@@H]5CCCN5C(=O)[C@H](C)NC(=O)O)[nH]4)cc3)cc2)[nH]1. The summed E-state index contributed by atoms with van der Waals surface area (Å²) in [5.41, 5.74) is 5.70. The monoisotopic (exact) mass is 682 g/mol. The van der Waals surface area contributed by atoms with Crippen molar-refractivity contribution in [3.8, 4) is 33.6 Å². The number of alkyl carbamates (subject to hydrolysis) is 1. The number of hydrogen-bond acceptors (Lipinski definition) is 7. The van der Waals surface area contributed by atoms with E-state index in [-0.39, 0.29) is 30.5 Å². The molecule has 0 radical (unpaired) electrons. The van der Waals surface area contributed by atoms with Gasteiger partial charge in [-0.2, -0.15) is 0 Å². The molecule has 0 spiro atoms. The van der Waals surface area contributed by atoms with Crippen LogP contribution in [0.25, 0.3) is 33.6 Å². The number of aromatic amines is 2. The fourth-order valence-electron chi connectivity index (χ4n) is 6.78. The van der Waals surface area contributed by atoms with Crippen LogP contribution in [0.4, 0.5) is 9.59 Å². The second-order valence-electron chi connectivity index (χ2n) is 12.7. The van der Waals surface area contributed by atoms with Crippen LogP contribution in [0, 0.1) is 0 Å². The number of nitrogens with zero attached hydrogens (tertiary/aromatic N) is 4. The van der Waals surface area contributed by atoms with Gasteiger partial charge in [0.05, 0.1) is 42.5 Å². The van der Waals surface area contributed by atoms with Crippen LogP contribution in [-0.4, -0.2) is 90.6 Å². The number of amides is 4. The Hall–Kier alpha value is -5.66. The summed E-state index contributed by atoms with van der Waals surface area (Å²) in [4.78, 5) is 68.3. The Kier molecular flexibility index (Phi) is 10.2. The summed E-state index contributed by atoms with van der Waals surface area (Å²) >= 11 is 0. The molecule has 4 amide bonds. The summed E-state index contributed by atoms with van der Waals surface area (Å²) in [5, 5.41) is 13.9. The first kappa shape index (κ1) is 34.2. The van der Waals surface area contributed by atoms with Gasteiger partial charge in [-0.1, -0.05) is 48.5 Å². The van der Waals surface area contributed by atoms with Crippen LogP contribution < -0.4 is 10.6 Å². The second kappa shape index (κ2) is 14.8. The third-order valence-electron chi connectivity index (χ3n) is 9.31. The Labute approximate surface area is 289 Å². The molecule has 5 N–H and O–H groups in total. The number of H-pyrrole nitrogens is 2. The molecule has 2 saturated heterocycles. The topological polar surface area (TPSA) is 186 Å². The Morgan fingerprint density at radius 2 is 1.18 bits per heavy atom. The number of rotatable bonds is 10. The van der Waals surface area contributed by atoms with Crippen molar-refractivity contribution in [2.75, 3.05) is 19.7 Å². The number of aromatic nitrogens is 4. The summed E-state index contributed by atoms with van der Waals surface area (Å²) in [5.74, 6) is 0.965. The molecule has 6 rings (SSSR count). The molecular weight excluding hydrogens is 640 g/mol. The third kappa shape index (κ3) is 7.33. The molecule has 50 heavy (non-hydrogen) atoms. The lowest BCUT2D eigenvalue weighted by Crippen LogP contribution is -2.46. The fourth-order valence-corrected chi connectivity index (χ4v) is 6.78. The average molecular weight is 683 g/mol. The molecule has 0 saturated carbocycles. The predicted molar refractivity (Wildman–Crippen MR) is 185 cm³/mol. The molecule has 4 atom stereocenters. The maximum atomic E-state index is 13.1. The van der Waals surface area contributed by atoms with Gasteiger partial charge in [-0.15, -0.1) is 0 Å². The summed E-state index contributed by atoms with van der Waals surface area (Å²) in [6.07, 6.45) is 4.91. The molecule has 2 fully saturated rings. The van der Waals surface area contributed by atoms with Gasteiger partial charge in [-0.05, 0) is 68.7 Å². The molecular formula is C36H42N8O6. The van der Waals surface area contributed by atoms with Crippen molar-refractivity contribution in [2.45, 2.75) is 70.6 Å². The van der Waals surface area contributed by atoms with Gasteiger partial charge in [0.1, 0.15) is 23.7 Å². The number of likely N-dealkylation sites (tertiary alicyclic amines) is 2. The summed E-state index contributed by atoms with van der Waals surface area (Å²) < 4.78 is 4.92. The van der Waals surface area contributed by atoms with E-state index in [9.17, 15) is 19.2 Å². The summed E-state index contributed by atoms with van der Waals surface area (Å²) in [6, 6.07) is 14.3. The number of carbonyl (C=O) groups excluding carboxylic acids is 3. The Morgan fingerprint density at radius 1 is 0.760 bits per heavy atom. The molecule has 14 heteroatoms. The predicted octanol–water partition coefficient (Wildman–Crippen LogP) is 5.25. The van der Waals surface area contributed by atoms with Gasteiger partial charge in [0.15, 0.2) is 0 Å². The molecule has 4 heterocycles. The lowest BCUT2D eigenvalue weighted by atomic mass is 10.0. The second-order valence-corrected chi connectivity index (χ2v) is 12.7. The molecule has 0 aliphatic carbocycles. The van der Waals surface area contributed by atoms with Crippen molar-refractivity contribution < 1.29 is 29.0 Å². The molecule has 2 aliphatic rings. The van der Waals surface area contributed by atoms with Gasteiger partial charge in [-0.3, -0.25) is 9.59 Å². The van der Waals surface area contributed by atoms with E-state index in [0.29, 0.717) is 24.7 Å². The van der Waals surface area contributed by atoms with E-state index in [4.69, 9.17) is 9.84 Å². The van der Waals surface area contributed by atoms with Crippen molar-refractivity contribution in [3.05, 3.63) is 72.6 Å². The standard InChI is InChI=1S/C36H42N8O6/c1-4-50-36(49)40-22(3)34(46)44-18-6-8-30(44)32-38-20-28(42-32)26-15-11-24(12-16-26)23-9-13-25(14-10-23)27-19-37-31(41-27)29-7-5-17-43(29)33(45)21(2)39-35(47)48/h9-16,19-22,29-30,39H,4-8,17-18H2,1-3H3,(H,37,41)(H,38,42)(H,40,49)(H,47,48)/t21-,22-,29-,30-/m0/s1. The van der Waals surface area contributed by atoms with Crippen LogP contribution in [0.2, 0.25) is 0 Å². The van der Waals surface area contributed by atoms with Crippen LogP contribution in [-0.2, 0) is 14.3 Å². The molecule has 4 aromatic rings. The van der Waals surface area contributed by atoms with E-state index < -0.39 is 24.3 Å². The van der Waals surface area contributed by atoms with Crippen molar-refractivity contribution in [1.82, 2.24) is 40.4 Å². The highest BCUT2D eigenvalue weighted by Crippen LogP contribution is 2.34. The van der Waals surface area contributed by atoms with Gasteiger partial charge in [0, 0.05) is 13.1 Å². The number of carbonyl (C=O) groups is 4. The van der Waals surface area contributed by atoms with E-state index in [2.05, 4.69) is 42.7 Å². The van der Waals surface area contributed by atoms with Gasteiger partial charge in [0.25, 0.3) is 0 Å². The number of ether oxygens (including phenoxy) is 1. The first-order valence-corrected chi connectivity index (χ1v) is 17.0. The van der Waals surface area contributed by atoms with Gasteiger partial charge < -0.3 is 40.2 Å². The molecule has 2 aromatic carbocycles. The Morgan fingerprint density at radius 3 is 1.60 bits per heavy atom. The fraction of sp³-hybridized carbons (Fsp3) is 0.389. The van der Waals surface area contributed by atoms with E-state index in [1.165, 1.54) is 0 Å². The summed E-state index contributed by atoms with van der Waals surface area (Å²) in [6.45, 7) is 6.31. The molecule has 2 aromatic heterocycles. The first-order valence-electron chi connectivity index (χ1n) is 17.0. The van der Waals surface area contributed by atoms with E-state index in [1.54, 1.807) is 43.0 Å². The van der Waals surface area contributed by atoms with Crippen molar-refractivity contribution in [3.63, 3.8) is 0 Å². The molecule has 14 nitrogen and oxygen atoms in total. The minimum Gasteiger partial charge on any atom is -0.465 e. The van der Waals surface area contributed by atoms with Crippen LogP contribution in [0.5, 0.6) is 0 Å². The van der Waals surface area contributed by atoms with Crippen LogP contribution >= 0.6 is 0 Å². The van der Waals surface area contributed by atoms with Gasteiger partial charge in [0.2, 0.25) is 11.8 Å². The van der Waals surface area contributed by atoms with Crippen molar-refractivity contribution in [2.24, 2.45) is 0 Å². The lowest BCUT2D eigenvalue weighted by molar-refractivity contribution is -0.134. The zero-order chi connectivity index (χ0) is 35.4. The van der Waals surface area contributed by atoms with E-state index in [0.717, 1.165) is 59.3 Å². The Bertz CT molecular complexity index is 1840. The van der Waals surface area contributed by atoms with Crippen molar-refractivity contribution >= 4 is 24.0 Å². The highest BCUT2D eigenvalue weighted by atomic mass is 16.5. The lowest BCUT2D eigenvalue weighted by Gasteiger charge is -2.26. The third-order valence-corrected chi connectivity index (χ3v) is 9.31. The van der Waals surface area contributed by atoms with Gasteiger partial charge >= 0.3 is 12.2 Å². The van der Waals surface area contributed by atoms with Crippen LogP contribution in [0.3, 0.4) is 0 Å². The van der Waals surface area contributed by atoms with Crippen molar-refractivity contribution in [1.29, 1.82) is 0 Å². The number of carboxylic acid groups (broad SMARTS) is 1. The smallest absolute Gasteiger partial charge is 0.407 e. The van der Waals surface area contributed by atoms with E-state index >= 15 is 0 Å². The number of benzene rings is 2. The largest absolute Gasteiger partial charge is 0.465 e. The molecule has 262 valence electrons. The highest BCUT2D eigenvalue weighted by Gasteiger charge is 2.36. The summed E-state index contributed by atoms with van der Waals surface area (Å²) in [7, 11) is 0. The quantitative estimate of drug-likeness (QED) is 0.150.